The van der Waals surface area contributed by atoms with Gasteiger partial charge in [0.15, 0.2) is 0 Å². The second-order valence-electron chi connectivity index (χ2n) is 7.86. The van der Waals surface area contributed by atoms with Gasteiger partial charge in [-0.15, -0.1) is 0 Å². The van der Waals surface area contributed by atoms with Crippen LogP contribution in [0.15, 0.2) is 22.3 Å². The quantitative estimate of drug-likeness (QED) is 0.473. The fourth-order valence-electron chi connectivity index (χ4n) is 3.85. The van der Waals surface area contributed by atoms with Crippen molar-refractivity contribution in [3.8, 4) is 0 Å². The topological polar surface area (TPSA) is 105 Å². The lowest BCUT2D eigenvalue weighted by Crippen LogP contribution is -2.33. The second-order valence-corrected chi connectivity index (χ2v) is 7.86. The number of rotatable bonds is 6. The van der Waals surface area contributed by atoms with E-state index in [4.69, 9.17) is 18.9 Å². The first-order valence-electron chi connectivity index (χ1n) is 9.84. The molecule has 0 heterocycles. The van der Waals surface area contributed by atoms with Gasteiger partial charge >= 0.3 is 23.9 Å². The lowest BCUT2D eigenvalue weighted by Gasteiger charge is -2.33. The number of carbonyl (C=O) groups is 4. The van der Waals surface area contributed by atoms with Crippen LogP contribution in [0.2, 0.25) is 0 Å². The average molecular weight is 424 g/mol. The molecule has 0 saturated carbocycles. The lowest BCUT2D eigenvalue weighted by molar-refractivity contribution is -0.141. The molecule has 0 saturated heterocycles. The predicted octanol–water partition coefficient (Wildman–Crippen LogP) is 2.61. The van der Waals surface area contributed by atoms with E-state index in [2.05, 4.69) is 0 Å². The van der Waals surface area contributed by atoms with Gasteiger partial charge in [-0.25, -0.2) is 19.2 Å². The first-order chi connectivity index (χ1) is 14.0. The molecule has 2 atom stereocenters. The Morgan fingerprint density at radius 3 is 1.07 bits per heavy atom. The molecule has 0 fully saturated rings. The fraction of sp³-hybridized carbons (Fsp3) is 0.636. The summed E-state index contributed by atoms with van der Waals surface area (Å²) < 4.78 is 19.9. The first-order valence-corrected chi connectivity index (χ1v) is 9.84. The van der Waals surface area contributed by atoms with Crippen molar-refractivity contribution in [3.63, 3.8) is 0 Å². The van der Waals surface area contributed by atoms with Crippen LogP contribution in [0.4, 0.5) is 0 Å². The number of hydrogen-bond donors (Lipinski definition) is 0. The van der Waals surface area contributed by atoms with Crippen molar-refractivity contribution in [1.29, 1.82) is 0 Å². The van der Waals surface area contributed by atoms with Crippen LogP contribution in [0, 0.1) is 23.7 Å². The molecule has 8 nitrogen and oxygen atoms in total. The lowest BCUT2D eigenvalue weighted by atomic mass is 9.71. The van der Waals surface area contributed by atoms with Gasteiger partial charge < -0.3 is 18.9 Å². The van der Waals surface area contributed by atoms with E-state index in [0.717, 1.165) is 0 Å². The molecule has 0 aromatic rings. The Kier molecular flexibility index (Phi) is 9.26. The molecule has 0 bridgehead atoms. The molecule has 0 aromatic carbocycles. The third-order valence-corrected chi connectivity index (χ3v) is 5.52. The molecule has 30 heavy (non-hydrogen) atoms. The van der Waals surface area contributed by atoms with Crippen molar-refractivity contribution >= 4 is 23.9 Å². The summed E-state index contributed by atoms with van der Waals surface area (Å²) in [5, 5.41) is 0. The normalized spacial score (nSPS) is 24.7. The molecule has 0 aliphatic heterocycles. The van der Waals surface area contributed by atoms with E-state index in [1.807, 2.05) is 27.7 Å². The van der Waals surface area contributed by atoms with E-state index in [1.54, 1.807) is 0 Å². The molecule has 168 valence electrons. The Morgan fingerprint density at radius 2 is 0.867 bits per heavy atom. The maximum atomic E-state index is 12.8. The van der Waals surface area contributed by atoms with Gasteiger partial charge in [0.1, 0.15) is 0 Å². The highest BCUT2D eigenvalue weighted by molar-refractivity contribution is 6.04. The maximum absolute atomic E-state index is 12.8. The average Bonchev–Trinajstić information content (AvgIpc) is 2.71. The number of ether oxygens (including phenoxy) is 4. The van der Waals surface area contributed by atoms with Crippen LogP contribution in [0.1, 0.15) is 40.5 Å². The summed E-state index contributed by atoms with van der Waals surface area (Å²) in [6.07, 6.45) is 0.0336. The summed E-state index contributed by atoms with van der Waals surface area (Å²) in [6, 6.07) is 0. The van der Waals surface area contributed by atoms with Gasteiger partial charge in [0.05, 0.1) is 39.6 Å². The molecule has 1 rings (SSSR count). The Bertz CT molecular complexity index is 693. The molecule has 8 heteroatoms. The molecule has 0 N–H and O–H groups in total. The summed E-state index contributed by atoms with van der Waals surface area (Å²) in [6.45, 7) is 7.43. The summed E-state index contributed by atoms with van der Waals surface area (Å²) in [4.78, 5) is 50.9. The van der Waals surface area contributed by atoms with Crippen molar-refractivity contribution in [2.45, 2.75) is 40.5 Å². The zero-order chi connectivity index (χ0) is 23.2. The monoisotopic (exact) mass is 424 g/mol. The van der Waals surface area contributed by atoms with E-state index >= 15 is 0 Å². The third kappa shape index (κ3) is 5.29. The summed E-state index contributed by atoms with van der Waals surface area (Å²) in [7, 11) is 4.93. The predicted molar refractivity (Wildman–Crippen MR) is 108 cm³/mol. The minimum Gasteiger partial charge on any atom is -0.466 e. The number of hydrogen-bond acceptors (Lipinski definition) is 8. The van der Waals surface area contributed by atoms with Crippen molar-refractivity contribution in [3.05, 3.63) is 22.3 Å². The Morgan fingerprint density at radius 1 is 0.600 bits per heavy atom. The Balaban J connectivity index is 3.99. The molecular formula is C22H32O8. The van der Waals surface area contributed by atoms with Gasteiger partial charge in [0, 0.05) is 11.1 Å². The van der Waals surface area contributed by atoms with Crippen molar-refractivity contribution in [2.75, 3.05) is 28.4 Å². The highest BCUT2D eigenvalue weighted by atomic mass is 16.5. The highest BCUT2D eigenvalue weighted by Crippen LogP contribution is 2.41. The van der Waals surface area contributed by atoms with Crippen LogP contribution in [-0.2, 0) is 38.1 Å². The van der Waals surface area contributed by atoms with E-state index in [9.17, 15) is 19.2 Å². The molecule has 0 spiro atoms. The molecule has 0 radical (unpaired) electrons. The van der Waals surface area contributed by atoms with E-state index in [-0.39, 0.29) is 47.0 Å². The molecule has 1 aliphatic carbocycles. The molecular weight excluding hydrogens is 392 g/mol. The van der Waals surface area contributed by atoms with Crippen LogP contribution in [0.25, 0.3) is 0 Å². The third-order valence-electron chi connectivity index (χ3n) is 5.52. The van der Waals surface area contributed by atoms with Gasteiger partial charge in [0.25, 0.3) is 0 Å². The minimum atomic E-state index is -0.669. The van der Waals surface area contributed by atoms with E-state index < -0.39 is 35.7 Å². The van der Waals surface area contributed by atoms with Crippen molar-refractivity contribution in [1.82, 2.24) is 0 Å². The van der Waals surface area contributed by atoms with Gasteiger partial charge in [-0.2, -0.15) is 0 Å². The number of carbonyl (C=O) groups excluding carboxylic acids is 4. The number of methoxy groups -OCH3 is 4. The minimum absolute atomic E-state index is 0.0168. The molecule has 2 unspecified atom stereocenters. The molecule has 1 aliphatic rings. The van der Waals surface area contributed by atoms with Crippen LogP contribution in [-0.4, -0.2) is 52.3 Å². The van der Waals surface area contributed by atoms with Crippen LogP contribution >= 0.6 is 0 Å². The standard InChI is InChI=1S/C22H32O8/c1-11(2)13-9-15(19(23)27-5)18(22(26)30-8)14(12(3)4)10-16(20(24)28-6)17(13)21(25)29-7/h11-14H,9-10H2,1-8H3/b17-16-,18-15-. The highest BCUT2D eigenvalue weighted by Gasteiger charge is 2.41. The molecule has 0 aromatic heterocycles. The summed E-state index contributed by atoms with van der Waals surface area (Å²) >= 11 is 0. The van der Waals surface area contributed by atoms with Gasteiger partial charge in [0.2, 0.25) is 0 Å². The smallest absolute Gasteiger partial charge is 0.334 e. The Hall–Kier alpha value is -2.64. The van der Waals surface area contributed by atoms with E-state index in [1.165, 1.54) is 28.4 Å². The van der Waals surface area contributed by atoms with Crippen molar-refractivity contribution in [2.24, 2.45) is 23.7 Å². The summed E-state index contributed by atoms with van der Waals surface area (Å²) in [5.41, 5.74) is 0.616. The van der Waals surface area contributed by atoms with Crippen LogP contribution in [0.3, 0.4) is 0 Å². The number of esters is 4. The van der Waals surface area contributed by atoms with Gasteiger partial charge in [-0.1, -0.05) is 27.7 Å². The maximum Gasteiger partial charge on any atom is 0.334 e. The largest absolute Gasteiger partial charge is 0.466 e. The Labute approximate surface area is 177 Å². The first kappa shape index (κ1) is 25.4. The van der Waals surface area contributed by atoms with Crippen molar-refractivity contribution < 1.29 is 38.1 Å². The van der Waals surface area contributed by atoms with Crippen LogP contribution < -0.4 is 0 Å². The zero-order valence-electron chi connectivity index (χ0n) is 19.0. The van der Waals surface area contributed by atoms with Gasteiger partial charge in [-0.05, 0) is 36.5 Å². The molecule has 0 amide bonds. The van der Waals surface area contributed by atoms with Crippen LogP contribution in [0.5, 0.6) is 0 Å². The van der Waals surface area contributed by atoms with E-state index in [0.29, 0.717) is 0 Å². The summed E-state index contributed by atoms with van der Waals surface area (Å²) in [5.74, 6) is -4.14. The van der Waals surface area contributed by atoms with Gasteiger partial charge in [-0.3, -0.25) is 0 Å². The zero-order valence-corrected chi connectivity index (χ0v) is 19.0. The fourth-order valence-corrected chi connectivity index (χ4v) is 3.85. The second kappa shape index (κ2) is 10.9. The SMILES string of the molecule is COC(=O)/C1=C(\C(=O)OC)C(C(C)C)C/C(C(=O)OC)=C(/C(=O)OC)C(C(C)C)C1.